The third-order valence-electron chi connectivity index (χ3n) is 6.03. The molecule has 4 rings (SSSR count). The summed E-state index contributed by atoms with van der Waals surface area (Å²) in [4.78, 5) is 1.19. The van der Waals surface area contributed by atoms with Crippen LogP contribution in [0.25, 0.3) is 0 Å². The van der Waals surface area contributed by atoms with Gasteiger partial charge in [-0.1, -0.05) is 42.5 Å². The highest BCUT2D eigenvalue weighted by Gasteiger charge is 2.64. The number of hydrogen-bond acceptors (Lipinski definition) is 4. The molecule has 1 saturated heterocycles. The lowest BCUT2D eigenvalue weighted by atomic mass is 9.70. The molecule has 146 valence electrons. The summed E-state index contributed by atoms with van der Waals surface area (Å²) in [5.41, 5.74) is 1.88. The normalized spacial score (nSPS) is 32.8. The van der Waals surface area contributed by atoms with E-state index in [0.29, 0.717) is 5.95 Å². The molecule has 3 nitrogen and oxygen atoms in total. The van der Waals surface area contributed by atoms with Gasteiger partial charge in [0.1, 0.15) is 11.7 Å². The number of benzene rings is 1. The van der Waals surface area contributed by atoms with E-state index >= 15 is 0 Å². The molecular weight excluding hydrogens is 372 g/mol. The molecule has 1 spiro atoms. The molecule has 0 unspecified atom stereocenters. The lowest BCUT2D eigenvalue weighted by Crippen LogP contribution is -2.36. The number of hydrogen-bond donors (Lipinski definition) is 0. The molecule has 1 aromatic rings. The van der Waals surface area contributed by atoms with Gasteiger partial charge in [0.15, 0.2) is 0 Å². The molecule has 1 aromatic carbocycles. The predicted molar refractivity (Wildman–Crippen MR) is 113 cm³/mol. The Kier molecular flexibility index (Phi) is 4.98. The molecule has 0 amide bonds. The maximum atomic E-state index is 6.37. The van der Waals surface area contributed by atoms with E-state index in [2.05, 4.69) is 56.9 Å². The first kappa shape index (κ1) is 19.2. The van der Waals surface area contributed by atoms with Crippen LogP contribution in [0.5, 0.6) is 0 Å². The molecule has 27 heavy (non-hydrogen) atoms. The lowest BCUT2D eigenvalue weighted by Gasteiger charge is -2.37. The Balaban J connectivity index is 1.48. The van der Waals surface area contributed by atoms with Crippen molar-refractivity contribution in [2.24, 2.45) is 5.41 Å². The number of fused-ring (bicyclic) bond motifs is 2. The Labute approximate surface area is 168 Å². The monoisotopic (exact) mass is 402 g/mol. The van der Waals surface area contributed by atoms with E-state index in [-0.39, 0.29) is 17.1 Å². The summed E-state index contributed by atoms with van der Waals surface area (Å²) >= 11 is 1.66. The van der Waals surface area contributed by atoms with Crippen LogP contribution in [0.3, 0.4) is 0 Å². The summed E-state index contributed by atoms with van der Waals surface area (Å²) < 4.78 is 18.5. The zero-order valence-corrected chi connectivity index (χ0v) is 18.6. The van der Waals surface area contributed by atoms with Gasteiger partial charge < -0.3 is 13.9 Å². The maximum Gasteiger partial charge on any atom is 0.272 e. The van der Waals surface area contributed by atoms with Crippen molar-refractivity contribution in [1.29, 1.82) is 0 Å². The van der Waals surface area contributed by atoms with Crippen LogP contribution in [0.1, 0.15) is 32.6 Å². The van der Waals surface area contributed by atoms with Crippen LogP contribution in [0.2, 0.25) is 19.6 Å². The molecule has 3 atom stereocenters. The minimum Gasteiger partial charge on any atom is -0.519 e. The van der Waals surface area contributed by atoms with E-state index in [1.165, 1.54) is 16.9 Å². The standard InChI is InChI=1S/C22H30O3SSi/c1-21-12-11-18(14-17(21)10-13-22(21)16-23-22)24-20(25-27(2,3)4)15-26-19-8-6-5-7-9-19/h5-9,14-15,18H,10-13,16H2,1-4H3/b20-15-/t18-,21+,22-/m0/s1. The van der Waals surface area contributed by atoms with Crippen LogP contribution in [-0.4, -0.2) is 26.6 Å². The van der Waals surface area contributed by atoms with Gasteiger partial charge in [-0.2, -0.15) is 0 Å². The number of thioether (sulfide) groups is 1. The summed E-state index contributed by atoms with van der Waals surface area (Å²) in [6, 6.07) is 10.4. The van der Waals surface area contributed by atoms with Crippen LogP contribution in [0, 0.1) is 5.41 Å². The van der Waals surface area contributed by atoms with Crippen molar-refractivity contribution >= 4 is 20.1 Å². The number of rotatable bonds is 6. The fraction of sp³-hybridized carbons (Fsp3) is 0.545. The summed E-state index contributed by atoms with van der Waals surface area (Å²) in [6.07, 6.45) is 6.92. The molecule has 5 heteroatoms. The highest BCUT2D eigenvalue weighted by atomic mass is 32.2. The Bertz CT molecular complexity index is 749. The second-order valence-electron chi connectivity index (χ2n) is 9.08. The second-order valence-corrected chi connectivity index (χ2v) is 14.5. The summed E-state index contributed by atoms with van der Waals surface area (Å²) in [7, 11) is -1.74. The zero-order chi connectivity index (χ0) is 19.1. The van der Waals surface area contributed by atoms with Crippen molar-refractivity contribution in [1.82, 2.24) is 0 Å². The molecule has 0 radical (unpaired) electrons. The van der Waals surface area contributed by atoms with Crippen molar-refractivity contribution in [3.05, 3.63) is 53.3 Å². The van der Waals surface area contributed by atoms with Crippen molar-refractivity contribution in [2.45, 2.75) is 68.8 Å². The van der Waals surface area contributed by atoms with Crippen LogP contribution in [0.4, 0.5) is 0 Å². The first-order chi connectivity index (χ1) is 12.8. The van der Waals surface area contributed by atoms with Crippen LogP contribution in [-0.2, 0) is 13.9 Å². The molecule has 1 heterocycles. The Hall–Kier alpha value is -1.17. The van der Waals surface area contributed by atoms with Gasteiger partial charge in [-0.15, -0.1) is 0 Å². The molecule has 1 aliphatic heterocycles. The van der Waals surface area contributed by atoms with Crippen molar-refractivity contribution in [3.8, 4) is 0 Å². The Morgan fingerprint density at radius 1 is 1.22 bits per heavy atom. The first-order valence-corrected chi connectivity index (χ1v) is 14.2. The molecule has 2 aliphatic carbocycles. The lowest BCUT2D eigenvalue weighted by molar-refractivity contribution is 0.0419. The Morgan fingerprint density at radius 3 is 2.63 bits per heavy atom. The summed E-state index contributed by atoms with van der Waals surface area (Å²) in [6.45, 7) is 9.90. The SMILES string of the molecule is C[C@@]12CC[C@H](O/C(=C/Sc3ccccc3)O[Si](C)(C)C)C=C1CC[C@]21CO1. The smallest absolute Gasteiger partial charge is 0.272 e. The zero-order valence-electron chi connectivity index (χ0n) is 16.8. The maximum absolute atomic E-state index is 6.37. The van der Waals surface area contributed by atoms with E-state index < -0.39 is 8.32 Å². The Morgan fingerprint density at radius 2 is 1.96 bits per heavy atom. The van der Waals surface area contributed by atoms with E-state index in [4.69, 9.17) is 13.9 Å². The fourth-order valence-electron chi connectivity index (χ4n) is 4.36. The average Bonchev–Trinajstić information content (AvgIpc) is 3.36. The number of ether oxygens (including phenoxy) is 2. The molecule has 0 N–H and O–H groups in total. The van der Waals surface area contributed by atoms with Crippen LogP contribution < -0.4 is 0 Å². The first-order valence-electron chi connectivity index (χ1n) is 9.92. The summed E-state index contributed by atoms with van der Waals surface area (Å²) in [5.74, 6) is 0.670. The van der Waals surface area contributed by atoms with Gasteiger partial charge in [0, 0.05) is 10.3 Å². The van der Waals surface area contributed by atoms with Crippen molar-refractivity contribution in [2.75, 3.05) is 6.61 Å². The van der Waals surface area contributed by atoms with Gasteiger partial charge in [-0.25, -0.2) is 0 Å². The molecule has 0 aromatic heterocycles. The molecular formula is C22H30O3SSi. The predicted octanol–water partition coefficient (Wildman–Crippen LogP) is 6.10. The van der Waals surface area contributed by atoms with Crippen molar-refractivity contribution in [3.63, 3.8) is 0 Å². The van der Waals surface area contributed by atoms with Crippen LogP contribution in [0.15, 0.2) is 58.2 Å². The number of epoxide rings is 1. The van der Waals surface area contributed by atoms with Gasteiger partial charge in [0.2, 0.25) is 8.32 Å². The third-order valence-corrected chi connectivity index (χ3v) is 7.70. The van der Waals surface area contributed by atoms with E-state index in [0.717, 1.165) is 25.9 Å². The molecule has 0 bridgehead atoms. The second kappa shape index (κ2) is 7.01. The average molecular weight is 403 g/mol. The highest BCUT2D eigenvalue weighted by molar-refractivity contribution is 8.02. The molecule has 3 aliphatic rings. The van der Waals surface area contributed by atoms with Crippen LogP contribution >= 0.6 is 11.8 Å². The molecule has 1 saturated carbocycles. The van der Waals surface area contributed by atoms with E-state index in [9.17, 15) is 0 Å². The van der Waals surface area contributed by atoms with Gasteiger partial charge in [-0.3, -0.25) is 0 Å². The third kappa shape index (κ3) is 4.01. The van der Waals surface area contributed by atoms with Gasteiger partial charge in [0.05, 0.1) is 12.0 Å². The molecule has 2 fully saturated rings. The largest absolute Gasteiger partial charge is 0.519 e. The fourth-order valence-corrected chi connectivity index (χ4v) is 5.81. The van der Waals surface area contributed by atoms with Gasteiger partial charge in [-0.05, 0) is 63.5 Å². The van der Waals surface area contributed by atoms with Gasteiger partial charge >= 0.3 is 0 Å². The van der Waals surface area contributed by atoms with E-state index in [1.807, 2.05) is 11.5 Å². The minimum absolute atomic E-state index is 0.0981. The van der Waals surface area contributed by atoms with E-state index in [1.54, 1.807) is 11.8 Å². The van der Waals surface area contributed by atoms with Crippen molar-refractivity contribution < 1.29 is 13.9 Å². The quantitative estimate of drug-likeness (QED) is 0.189. The minimum atomic E-state index is -1.74. The highest BCUT2D eigenvalue weighted by Crippen LogP contribution is 2.62. The van der Waals surface area contributed by atoms with Gasteiger partial charge in [0.25, 0.3) is 5.95 Å². The topological polar surface area (TPSA) is 31.0 Å². The summed E-state index contributed by atoms with van der Waals surface area (Å²) in [5, 5.41) is 2.03.